The van der Waals surface area contributed by atoms with Crippen LogP contribution < -0.4 is 5.73 Å². The average Bonchev–Trinajstić information content (AvgIpc) is 2.49. The van der Waals surface area contributed by atoms with Gasteiger partial charge in [-0.2, -0.15) is 11.8 Å². The van der Waals surface area contributed by atoms with E-state index in [1.165, 1.54) is 6.07 Å². The van der Waals surface area contributed by atoms with Crippen LogP contribution in [0.5, 0.6) is 0 Å². The molecule has 2 atom stereocenters. The summed E-state index contributed by atoms with van der Waals surface area (Å²) in [6.45, 7) is 3.41. The molecule has 0 aromatic heterocycles. The summed E-state index contributed by atoms with van der Waals surface area (Å²) in [5, 5.41) is 0. The number of piperidine rings is 1. The highest BCUT2D eigenvalue weighted by Gasteiger charge is 2.29. The molecule has 1 fully saturated rings. The summed E-state index contributed by atoms with van der Waals surface area (Å²) >= 11 is 1.55. The van der Waals surface area contributed by atoms with Crippen LogP contribution in [0.4, 0.5) is 4.39 Å². The van der Waals surface area contributed by atoms with Crippen LogP contribution in [0.1, 0.15) is 35.7 Å². The SMILES string of the molecule is CSCc1cc(C(=O)N2CCC(C)CC2CN)ccc1F. The largest absolute Gasteiger partial charge is 0.334 e. The quantitative estimate of drug-likeness (QED) is 0.930. The first-order valence-electron chi connectivity index (χ1n) is 7.35. The topological polar surface area (TPSA) is 46.3 Å². The Hall–Kier alpha value is -1.07. The highest BCUT2D eigenvalue weighted by Crippen LogP contribution is 2.24. The summed E-state index contributed by atoms with van der Waals surface area (Å²) in [5.74, 6) is 0.899. The van der Waals surface area contributed by atoms with Crippen molar-refractivity contribution in [2.45, 2.75) is 31.6 Å². The molecule has 2 unspecified atom stereocenters. The van der Waals surface area contributed by atoms with Crippen molar-refractivity contribution >= 4 is 17.7 Å². The molecule has 1 aliphatic rings. The zero-order valence-electron chi connectivity index (χ0n) is 12.6. The molecule has 1 aromatic rings. The lowest BCUT2D eigenvalue weighted by atomic mass is 9.92. The Bertz CT molecular complexity index is 509. The van der Waals surface area contributed by atoms with Crippen LogP contribution in [0.3, 0.4) is 0 Å². The van der Waals surface area contributed by atoms with E-state index >= 15 is 0 Å². The van der Waals surface area contributed by atoms with Gasteiger partial charge in [0.05, 0.1) is 0 Å². The van der Waals surface area contributed by atoms with Gasteiger partial charge in [0.2, 0.25) is 0 Å². The van der Waals surface area contributed by atoms with Crippen molar-refractivity contribution in [2.75, 3.05) is 19.3 Å². The Morgan fingerprint density at radius 2 is 2.29 bits per heavy atom. The van der Waals surface area contributed by atoms with Gasteiger partial charge in [0, 0.05) is 30.4 Å². The zero-order valence-corrected chi connectivity index (χ0v) is 13.5. The molecule has 2 rings (SSSR count). The van der Waals surface area contributed by atoms with Crippen molar-refractivity contribution in [3.63, 3.8) is 0 Å². The summed E-state index contributed by atoms with van der Waals surface area (Å²) in [5.41, 5.74) is 6.97. The minimum atomic E-state index is -0.247. The third-order valence-electron chi connectivity index (χ3n) is 4.10. The van der Waals surface area contributed by atoms with Crippen molar-refractivity contribution in [1.29, 1.82) is 0 Å². The third kappa shape index (κ3) is 3.77. The minimum absolute atomic E-state index is 0.0281. The molecule has 21 heavy (non-hydrogen) atoms. The van der Waals surface area contributed by atoms with E-state index in [0.717, 1.165) is 19.4 Å². The second-order valence-corrected chi connectivity index (χ2v) is 6.62. The zero-order chi connectivity index (χ0) is 15.4. The van der Waals surface area contributed by atoms with E-state index in [4.69, 9.17) is 5.73 Å². The number of likely N-dealkylation sites (tertiary alicyclic amines) is 1. The molecule has 5 heteroatoms. The predicted octanol–water partition coefficient (Wildman–Crippen LogP) is 2.89. The highest BCUT2D eigenvalue weighted by molar-refractivity contribution is 7.97. The summed E-state index contributed by atoms with van der Waals surface area (Å²) in [4.78, 5) is 14.5. The van der Waals surface area contributed by atoms with Crippen LogP contribution in [0.25, 0.3) is 0 Å². The lowest BCUT2D eigenvalue weighted by Gasteiger charge is -2.38. The monoisotopic (exact) mass is 310 g/mol. The molecule has 0 radical (unpaired) electrons. The molecule has 1 aliphatic heterocycles. The van der Waals surface area contributed by atoms with E-state index in [2.05, 4.69) is 6.92 Å². The maximum atomic E-state index is 13.7. The number of nitrogens with two attached hydrogens (primary N) is 1. The Balaban J connectivity index is 2.20. The fourth-order valence-corrected chi connectivity index (χ4v) is 3.41. The molecule has 2 N–H and O–H groups in total. The van der Waals surface area contributed by atoms with Crippen LogP contribution in [-0.4, -0.2) is 36.2 Å². The maximum absolute atomic E-state index is 13.7. The summed E-state index contributed by atoms with van der Waals surface area (Å²) in [6, 6.07) is 4.74. The van der Waals surface area contributed by atoms with Crippen LogP contribution in [0, 0.1) is 11.7 Å². The predicted molar refractivity (Wildman–Crippen MR) is 85.9 cm³/mol. The van der Waals surface area contributed by atoms with Gasteiger partial charge in [-0.1, -0.05) is 6.92 Å². The minimum Gasteiger partial charge on any atom is -0.334 e. The van der Waals surface area contributed by atoms with Crippen LogP contribution in [0.2, 0.25) is 0 Å². The van der Waals surface area contributed by atoms with Gasteiger partial charge < -0.3 is 10.6 Å². The number of halogens is 1. The van der Waals surface area contributed by atoms with E-state index in [0.29, 0.717) is 29.3 Å². The van der Waals surface area contributed by atoms with Gasteiger partial charge >= 0.3 is 0 Å². The fourth-order valence-electron chi connectivity index (χ4n) is 2.88. The number of thioether (sulfide) groups is 1. The number of amides is 1. The number of rotatable bonds is 4. The molecule has 0 bridgehead atoms. The standard InChI is InChI=1S/C16H23FN2OS/c1-11-5-6-19(14(7-11)9-18)16(20)12-3-4-15(17)13(8-12)10-21-2/h3-4,8,11,14H,5-7,9-10,18H2,1-2H3. The first kappa shape index (κ1) is 16.3. The van der Waals surface area contributed by atoms with E-state index in [9.17, 15) is 9.18 Å². The van der Waals surface area contributed by atoms with E-state index in [1.54, 1.807) is 23.9 Å². The summed E-state index contributed by atoms with van der Waals surface area (Å²) < 4.78 is 13.7. The molecule has 3 nitrogen and oxygen atoms in total. The van der Waals surface area contributed by atoms with E-state index in [1.807, 2.05) is 11.2 Å². The van der Waals surface area contributed by atoms with Crippen LogP contribution in [-0.2, 0) is 5.75 Å². The first-order chi connectivity index (χ1) is 10.1. The molecule has 1 amide bonds. The molecule has 0 saturated carbocycles. The number of carbonyl (C=O) groups excluding carboxylic acids is 1. The second kappa shape index (κ2) is 7.27. The summed E-state index contributed by atoms with van der Waals surface area (Å²) in [6.07, 6.45) is 3.87. The number of nitrogens with zero attached hydrogens (tertiary/aromatic N) is 1. The van der Waals surface area contributed by atoms with Crippen molar-refractivity contribution < 1.29 is 9.18 Å². The molecular weight excluding hydrogens is 287 g/mol. The molecular formula is C16H23FN2OS. The molecule has 1 saturated heterocycles. The molecule has 0 aliphatic carbocycles. The highest BCUT2D eigenvalue weighted by atomic mass is 32.2. The number of hydrogen-bond acceptors (Lipinski definition) is 3. The average molecular weight is 310 g/mol. The Labute approximate surface area is 130 Å². The smallest absolute Gasteiger partial charge is 0.254 e. The van der Waals surface area contributed by atoms with Crippen molar-refractivity contribution in [3.8, 4) is 0 Å². The van der Waals surface area contributed by atoms with Crippen molar-refractivity contribution in [3.05, 3.63) is 35.1 Å². The van der Waals surface area contributed by atoms with Gasteiger partial charge in [0.25, 0.3) is 5.91 Å². The van der Waals surface area contributed by atoms with Gasteiger partial charge in [0.15, 0.2) is 0 Å². The number of hydrogen-bond donors (Lipinski definition) is 1. The van der Waals surface area contributed by atoms with Crippen molar-refractivity contribution in [1.82, 2.24) is 4.90 Å². The molecule has 116 valence electrons. The number of carbonyl (C=O) groups is 1. The Kier molecular flexibility index (Phi) is 5.65. The van der Waals surface area contributed by atoms with Crippen molar-refractivity contribution in [2.24, 2.45) is 11.7 Å². The normalized spacial score (nSPS) is 22.4. The Morgan fingerprint density at radius 3 is 2.95 bits per heavy atom. The lowest BCUT2D eigenvalue weighted by molar-refractivity contribution is 0.0573. The molecule has 0 spiro atoms. The van der Waals surface area contributed by atoms with Gasteiger partial charge in [0.1, 0.15) is 5.82 Å². The van der Waals surface area contributed by atoms with E-state index < -0.39 is 0 Å². The molecule has 1 aromatic carbocycles. The lowest BCUT2D eigenvalue weighted by Crippen LogP contribution is -2.49. The first-order valence-corrected chi connectivity index (χ1v) is 8.74. The van der Waals surface area contributed by atoms with E-state index in [-0.39, 0.29) is 17.8 Å². The van der Waals surface area contributed by atoms with Gasteiger partial charge in [-0.25, -0.2) is 4.39 Å². The van der Waals surface area contributed by atoms with Gasteiger partial charge in [-0.15, -0.1) is 0 Å². The van der Waals surface area contributed by atoms with Crippen LogP contribution >= 0.6 is 11.8 Å². The van der Waals surface area contributed by atoms with Crippen LogP contribution in [0.15, 0.2) is 18.2 Å². The maximum Gasteiger partial charge on any atom is 0.254 e. The summed E-state index contributed by atoms with van der Waals surface area (Å²) in [7, 11) is 0. The second-order valence-electron chi connectivity index (χ2n) is 5.76. The van der Waals surface area contributed by atoms with Gasteiger partial charge in [-0.05, 0) is 48.8 Å². The number of benzene rings is 1. The Morgan fingerprint density at radius 1 is 1.52 bits per heavy atom. The van der Waals surface area contributed by atoms with Gasteiger partial charge in [-0.3, -0.25) is 4.79 Å². The fraction of sp³-hybridized carbons (Fsp3) is 0.562. The molecule has 1 heterocycles. The third-order valence-corrected chi connectivity index (χ3v) is 4.70.